The normalized spacial score (nSPS) is 15.2. The molecule has 1 amide bonds. The zero-order valence-corrected chi connectivity index (χ0v) is 33.2. The highest BCUT2D eigenvalue weighted by atomic mass is 32.2. The molecule has 1 atom stereocenters. The monoisotopic (exact) mass is 826 g/mol. The number of hydrogen-bond acceptors (Lipinski definition) is 7. The molecular formula is C46H40F2N6O5S. The van der Waals surface area contributed by atoms with Gasteiger partial charge in [-0.25, -0.2) is 22.2 Å². The molecule has 0 radical (unpaired) electrons. The average molecular weight is 827 g/mol. The molecule has 11 nitrogen and oxygen atoms in total. The molecule has 7 aromatic rings. The number of halogens is 2. The van der Waals surface area contributed by atoms with Crippen molar-refractivity contribution in [2.75, 3.05) is 26.3 Å². The number of nitrogens with one attached hydrogen (secondary N) is 1. The number of carbonyl (C=O) groups is 1. The minimum Gasteiger partial charge on any atom is -0.379 e. The molecule has 9 rings (SSSR count). The van der Waals surface area contributed by atoms with Crippen LogP contribution in [-0.2, 0) is 32.5 Å². The third-order valence-electron chi connectivity index (χ3n) is 10.9. The molecule has 1 aliphatic heterocycles. The molecule has 3 heterocycles. The summed E-state index contributed by atoms with van der Waals surface area (Å²) < 4.78 is 65.9. The predicted molar refractivity (Wildman–Crippen MR) is 223 cm³/mol. The van der Waals surface area contributed by atoms with Gasteiger partial charge in [0.25, 0.3) is 5.56 Å². The second-order valence-corrected chi connectivity index (χ2v) is 17.0. The largest absolute Gasteiger partial charge is 0.379 e. The van der Waals surface area contributed by atoms with Crippen LogP contribution in [-0.4, -0.2) is 64.3 Å². The van der Waals surface area contributed by atoms with Crippen molar-refractivity contribution in [2.45, 2.75) is 42.7 Å². The Morgan fingerprint density at radius 1 is 0.800 bits per heavy atom. The van der Waals surface area contributed by atoms with Crippen molar-refractivity contribution >= 4 is 26.8 Å². The first kappa shape index (κ1) is 39.1. The third-order valence-corrected chi connectivity index (χ3v) is 12.8. The van der Waals surface area contributed by atoms with Gasteiger partial charge >= 0.3 is 0 Å². The molecule has 2 aliphatic rings. The third kappa shape index (κ3) is 8.26. The standard InChI is InChI=1S/C46H40F2N6O5S/c47-36-24-30(25-37(48)28-36)26-43(49-44(55)29-52-19-18-41(51-52)34-10-11-34)45-50-42-27-35(33-8-6-32(7-9-33)31-4-2-1-3-5-31)12-17-40(42)46(56)54(45)38-13-15-39(16-14-38)60(57,58)53-20-22-59-23-21-53/h1-9,12-19,24-25,27-28,34,43H,10-11,20-23,26,29H2,(H,49,55)/t43-/m0/s1. The lowest BCUT2D eigenvalue weighted by Crippen LogP contribution is -2.40. The van der Waals surface area contributed by atoms with Crippen LogP contribution in [0.5, 0.6) is 0 Å². The lowest BCUT2D eigenvalue weighted by atomic mass is 9.99. The fraction of sp³-hybridized carbons (Fsp3) is 0.217. The Hall–Kier alpha value is -6.35. The number of ether oxygens (including phenoxy) is 1. The Balaban J connectivity index is 1.15. The molecule has 304 valence electrons. The van der Waals surface area contributed by atoms with Crippen molar-refractivity contribution in [1.29, 1.82) is 0 Å². The maximum absolute atomic E-state index is 14.8. The van der Waals surface area contributed by atoms with Crippen LogP contribution in [0.2, 0.25) is 0 Å². The fourth-order valence-corrected chi connectivity index (χ4v) is 9.08. The average Bonchev–Trinajstić information content (AvgIpc) is 4.01. The Morgan fingerprint density at radius 2 is 1.45 bits per heavy atom. The summed E-state index contributed by atoms with van der Waals surface area (Å²) in [4.78, 5) is 33.7. The number of benzene rings is 5. The van der Waals surface area contributed by atoms with Crippen LogP contribution in [0.25, 0.3) is 38.8 Å². The number of sulfonamides is 1. The first-order chi connectivity index (χ1) is 29.1. The highest BCUT2D eigenvalue weighted by Gasteiger charge is 2.29. The summed E-state index contributed by atoms with van der Waals surface area (Å²) in [5, 5.41) is 7.82. The molecular weight excluding hydrogens is 787 g/mol. The maximum Gasteiger partial charge on any atom is 0.266 e. The van der Waals surface area contributed by atoms with Crippen molar-refractivity contribution < 1.29 is 26.7 Å². The van der Waals surface area contributed by atoms with Crippen molar-refractivity contribution in [3.05, 3.63) is 167 Å². The van der Waals surface area contributed by atoms with Crippen molar-refractivity contribution in [2.24, 2.45) is 0 Å². The van der Waals surface area contributed by atoms with Crippen LogP contribution in [0.4, 0.5) is 8.78 Å². The lowest BCUT2D eigenvalue weighted by molar-refractivity contribution is -0.122. The van der Waals surface area contributed by atoms with Crippen LogP contribution in [0, 0.1) is 11.6 Å². The summed E-state index contributed by atoms with van der Waals surface area (Å²) >= 11 is 0. The summed E-state index contributed by atoms with van der Waals surface area (Å²) in [6, 6.07) is 33.1. The van der Waals surface area contributed by atoms with Gasteiger partial charge < -0.3 is 10.1 Å². The number of hydrogen-bond donors (Lipinski definition) is 1. The van der Waals surface area contributed by atoms with E-state index in [1.807, 2.05) is 66.7 Å². The number of fused-ring (bicyclic) bond motifs is 1. The first-order valence-electron chi connectivity index (χ1n) is 19.8. The van der Waals surface area contributed by atoms with E-state index in [-0.39, 0.29) is 66.6 Å². The van der Waals surface area contributed by atoms with Crippen LogP contribution in [0.3, 0.4) is 0 Å². The van der Waals surface area contributed by atoms with Crippen molar-refractivity contribution in [3.63, 3.8) is 0 Å². The quantitative estimate of drug-likeness (QED) is 0.138. The van der Waals surface area contributed by atoms with Gasteiger partial charge in [-0.3, -0.25) is 18.8 Å². The van der Waals surface area contributed by atoms with E-state index in [1.165, 1.54) is 50.0 Å². The van der Waals surface area contributed by atoms with Crippen LogP contribution in [0.1, 0.15) is 41.9 Å². The first-order valence-corrected chi connectivity index (χ1v) is 21.2. The van der Waals surface area contributed by atoms with E-state index in [2.05, 4.69) is 10.4 Å². The van der Waals surface area contributed by atoms with Gasteiger partial charge in [-0.05, 0) is 95.3 Å². The molecule has 14 heteroatoms. The maximum atomic E-state index is 14.8. The number of rotatable bonds is 12. The Labute approximate surface area is 344 Å². The summed E-state index contributed by atoms with van der Waals surface area (Å²) in [7, 11) is -3.86. The molecule has 0 bridgehead atoms. The van der Waals surface area contributed by atoms with E-state index < -0.39 is 39.2 Å². The minimum absolute atomic E-state index is 0.0318. The van der Waals surface area contributed by atoms with Gasteiger partial charge in [0.2, 0.25) is 15.9 Å². The zero-order chi connectivity index (χ0) is 41.4. The molecule has 1 saturated heterocycles. The van der Waals surface area contributed by atoms with Gasteiger partial charge in [0.15, 0.2) is 0 Å². The van der Waals surface area contributed by atoms with E-state index in [4.69, 9.17) is 9.72 Å². The fourth-order valence-electron chi connectivity index (χ4n) is 7.68. The van der Waals surface area contributed by atoms with E-state index in [0.29, 0.717) is 11.4 Å². The molecule has 2 aromatic heterocycles. The number of morpholine rings is 1. The molecule has 60 heavy (non-hydrogen) atoms. The van der Waals surface area contributed by atoms with Gasteiger partial charge in [0, 0.05) is 37.7 Å². The molecule has 1 saturated carbocycles. The van der Waals surface area contributed by atoms with Gasteiger partial charge in [-0.1, -0.05) is 60.7 Å². The van der Waals surface area contributed by atoms with Crippen LogP contribution < -0.4 is 10.9 Å². The summed E-state index contributed by atoms with van der Waals surface area (Å²) in [6.07, 6.45) is 3.67. The lowest BCUT2D eigenvalue weighted by Gasteiger charge is -2.26. The smallest absolute Gasteiger partial charge is 0.266 e. The molecule has 2 fully saturated rings. The van der Waals surface area contributed by atoms with E-state index in [0.717, 1.165) is 46.9 Å². The highest BCUT2D eigenvalue weighted by molar-refractivity contribution is 7.89. The summed E-state index contributed by atoms with van der Waals surface area (Å²) in [5.41, 5.74) is 5.01. The number of aromatic nitrogens is 4. The Bertz CT molecular complexity index is 2850. The zero-order valence-electron chi connectivity index (χ0n) is 32.4. The number of amides is 1. The molecule has 0 spiro atoms. The predicted octanol–water partition coefficient (Wildman–Crippen LogP) is 7.19. The molecule has 5 aromatic carbocycles. The molecule has 1 aliphatic carbocycles. The van der Waals surface area contributed by atoms with Gasteiger partial charge in [-0.15, -0.1) is 0 Å². The Kier molecular flexibility index (Phi) is 10.7. The SMILES string of the molecule is O=C(Cn1ccc(C2CC2)n1)N[C@@H](Cc1cc(F)cc(F)c1)c1nc2cc(-c3ccc(-c4ccccc4)cc3)ccc2c(=O)n1-c1ccc(S(=O)(=O)N2CCOCC2)cc1. The van der Waals surface area contributed by atoms with E-state index >= 15 is 0 Å². The van der Waals surface area contributed by atoms with Crippen LogP contribution in [0.15, 0.2) is 137 Å². The van der Waals surface area contributed by atoms with Crippen LogP contribution >= 0.6 is 0 Å². The summed E-state index contributed by atoms with van der Waals surface area (Å²) in [5.74, 6) is -1.62. The highest BCUT2D eigenvalue weighted by Crippen LogP contribution is 2.39. The van der Waals surface area contributed by atoms with Crippen molar-refractivity contribution in [3.8, 4) is 27.9 Å². The van der Waals surface area contributed by atoms with Gasteiger partial charge in [0.05, 0.1) is 46.4 Å². The second kappa shape index (κ2) is 16.4. The molecule has 1 N–H and O–H groups in total. The van der Waals surface area contributed by atoms with Gasteiger partial charge in [0.1, 0.15) is 24.0 Å². The summed E-state index contributed by atoms with van der Waals surface area (Å²) in [6.45, 7) is 0.831. The van der Waals surface area contributed by atoms with E-state index in [1.54, 1.807) is 18.3 Å². The van der Waals surface area contributed by atoms with Crippen molar-refractivity contribution in [1.82, 2.24) is 29.0 Å². The van der Waals surface area contributed by atoms with Gasteiger partial charge in [-0.2, -0.15) is 9.40 Å². The second-order valence-electron chi connectivity index (χ2n) is 15.1. The minimum atomic E-state index is -3.86. The number of carbonyl (C=O) groups excluding carboxylic acids is 1. The topological polar surface area (TPSA) is 128 Å². The Morgan fingerprint density at radius 3 is 2.13 bits per heavy atom. The molecule has 0 unspecified atom stereocenters. The van der Waals surface area contributed by atoms with E-state index in [9.17, 15) is 26.8 Å². The number of nitrogens with zero attached hydrogens (tertiary/aromatic N) is 5.